The Balaban J connectivity index is 2.89. The van der Waals surface area contributed by atoms with Gasteiger partial charge in [0.1, 0.15) is 0 Å². The van der Waals surface area contributed by atoms with E-state index in [0.29, 0.717) is 0 Å². The lowest BCUT2D eigenvalue weighted by molar-refractivity contribution is 0.186. The Kier molecular flexibility index (Phi) is 3.51. The van der Waals surface area contributed by atoms with Crippen LogP contribution in [0.25, 0.3) is 10.4 Å². The highest BCUT2D eigenvalue weighted by molar-refractivity contribution is 5.32. The molecule has 14 heavy (non-hydrogen) atoms. The van der Waals surface area contributed by atoms with Crippen LogP contribution in [0, 0.1) is 13.8 Å². The minimum absolute atomic E-state index is 0.0837. The standard InChI is InChI=1S/C10H13N3O/c1-7-3-4-9(8(2)5-7)10(14)6-12-13-11/h3-5,10,14H,6H2,1-2H3/t10-/m0/s1. The number of hydrogen-bond donors (Lipinski definition) is 1. The fraction of sp³-hybridized carbons (Fsp3) is 0.400. The smallest absolute Gasteiger partial charge is 0.0848 e. The summed E-state index contributed by atoms with van der Waals surface area (Å²) < 4.78 is 0. The molecule has 0 saturated carbocycles. The molecule has 0 aromatic heterocycles. The van der Waals surface area contributed by atoms with Crippen LogP contribution < -0.4 is 0 Å². The minimum atomic E-state index is -0.702. The monoisotopic (exact) mass is 191 g/mol. The van der Waals surface area contributed by atoms with Gasteiger partial charge < -0.3 is 5.11 Å². The van der Waals surface area contributed by atoms with Crippen LogP contribution >= 0.6 is 0 Å². The molecule has 0 aliphatic heterocycles. The molecule has 0 bridgehead atoms. The summed E-state index contributed by atoms with van der Waals surface area (Å²) in [6.07, 6.45) is -0.702. The van der Waals surface area contributed by atoms with E-state index in [2.05, 4.69) is 10.0 Å². The minimum Gasteiger partial charge on any atom is -0.388 e. The highest BCUT2D eigenvalue weighted by Gasteiger charge is 2.08. The maximum Gasteiger partial charge on any atom is 0.0848 e. The summed E-state index contributed by atoms with van der Waals surface area (Å²) in [7, 11) is 0. The van der Waals surface area contributed by atoms with E-state index in [4.69, 9.17) is 5.53 Å². The zero-order chi connectivity index (χ0) is 10.6. The first-order chi connectivity index (χ1) is 6.65. The molecular formula is C10H13N3O. The van der Waals surface area contributed by atoms with Crippen LogP contribution in [0.2, 0.25) is 0 Å². The van der Waals surface area contributed by atoms with Gasteiger partial charge in [-0.1, -0.05) is 28.9 Å². The highest BCUT2D eigenvalue weighted by Crippen LogP contribution is 2.18. The van der Waals surface area contributed by atoms with Gasteiger partial charge in [-0.2, -0.15) is 0 Å². The zero-order valence-corrected chi connectivity index (χ0v) is 8.31. The molecule has 1 atom stereocenters. The fourth-order valence-corrected chi connectivity index (χ4v) is 1.41. The number of aryl methyl sites for hydroxylation is 2. The van der Waals surface area contributed by atoms with Crippen molar-refractivity contribution in [1.29, 1.82) is 0 Å². The van der Waals surface area contributed by atoms with Gasteiger partial charge in [-0.25, -0.2) is 0 Å². The Morgan fingerprint density at radius 2 is 2.21 bits per heavy atom. The lowest BCUT2D eigenvalue weighted by atomic mass is 10.0. The van der Waals surface area contributed by atoms with Crippen molar-refractivity contribution in [3.63, 3.8) is 0 Å². The van der Waals surface area contributed by atoms with Crippen molar-refractivity contribution in [2.45, 2.75) is 20.0 Å². The van der Waals surface area contributed by atoms with Crippen LogP contribution in [0.5, 0.6) is 0 Å². The number of aliphatic hydroxyl groups is 1. The molecule has 4 nitrogen and oxygen atoms in total. The number of rotatable bonds is 3. The van der Waals surface area contributed by atoms with Crippen LogP contribution in [0.4, 0.5) is 0 Å². The summed E-state index contributed by atoms with van der Waals surface area (Å²) in [5, 5.41) is 13.0. The van der Waals surface area contributed by atoms with E-state index in [1.165, 1.54) is 0 Å². The topological polar surface area (TPSA) is 69.0 Å². The van der Waals surface area contributed by atoms with Gasteiger partial charge in [0, 0.05) is 4.91 Å². The molecule has 0 aliphatic carbocycles. The van der Waals surface area contributed by atoms with Gasteiger partial charge in [0.2, 0.25) is 0 Å². The van der Waals surface area contributed by atoms with Crippen LogP contribution in [0.15, 0.2) is 23.3 Å². The number of nitrogens with zero attached hydrogens (tertiary/aromatic N) is 3. The molecule has 4 heteroatoms. The highest BCUT2D eigenvalue weighted by atomic mass is 16.3. The molecule has 74 valence electrons. The van der Waals surface area contributed by atoms with Crippen molar-refractivity contribution in [2.75, 3.05) is 6.54 Å². The van der Waals surface area contributed by atoms with Crippen molar-refractivity contribution in [1.82, 2.24) is 0 Å². The van der Waals surface area contributed by atoms with Crippen LogP contribution in [-0.2, 0) is 0 Å². The first kappa shape index (κ1) is 10.6. The molecule has 0 heterocycles. The van der Waals surface area contributed by atoms with E-state index in [0.717, 1.165) is 16.7 Å². The summed E-state index contributed by atoms with van der Waals surface area (Å²) in [4.78, 5) is 2.61. The SMILES string of the molecule is Cc1ccc([C@@H](O)CN=[N+]=[N-])c(C)c1. The quantitative estimate of drug-likeness (QED) is 0.445. The second-order valence-corrected chi connectivity index (χ2v) is 3.29. The number of azide groups is 1. The Morgan fingerprint density at radius 3 is 2.79 bits per heavy atom. The first-order valence-corrected chi connectivity index (χ1v) is 4.41. The average molecular weight is 191 g/mol. The number of hydrogen-bond acceptors (Lipinski definition) is 2. The first-order valence-electron chi connectivity index (χ1n) is 4.41. The molecule has 0 unspecified atom stereocenters. The van der Waals surface area contributed by atoms with Gasteiger partial charge in [0.15, 0.2) is 0 Å². The molecule has 1 rings (SSSR count). The molecule has 0 radical (unpaired) electrons. The summed E-state index contributed by atoms with van der Waals surface area (Å²) >= 11 is 0. The summed E-state index contributed by atoms with van der Waals surface area (Å²) in [5.41, 5.74) is 11.1. The van der Waals surface area contributed by atoms with Crippen molar-refractivity contribution in [2.24, 2.45) is 5.11 Å². The van der Waals surface area contributed by atoms with E-state index in [1.54, 1.807) is 0 Å². The third kappa shape index (κ3) is 2.49. The van der Waals surface area contributed by atoms with Gasteiger partial charge in [-0.15, -0.1) is 0 Å². The Bertz CT molecular complexity index is 370. The largest absolute Gasteiger partial charge is 0.388 e. The van der Waals surface area contributed by atoms with Gasteiger partial charge in [0.25, 0.3) is 0 Å². The third-order valence-corrected chi connectivity index (χ3v) is 2.10. The van der Waals surface area contributed by atoms with Crippen LogP contribution in [-0.4, -0.2) is 11.7 Å². The number of benzene rings is 1. The van der Waals surface area contributed by atoms with E-state index in [1.807, 2.05) is 32.0 Å². The molecule has 0 spiro atoms. The summed E-state index contributed by atoms with van der Waals surface area (Å²) in [6.45, 7) is 4.01. The molecule has 0 amide bonds. The van der Waals surface area contributed by atoms with Crippen molar-refractivity contribution in [3.05, 3.63) is 45.3 Å². The second kappa shape index (κ2) is 4.65. The molecule has 1 aromatic rings. The molecule has 0 saturated heterocycles. The maximum atomic E-state index is 9.66. The zero-order valence-electron chi connectivity index (χ0n) is 8.31. The molecule has 1 aromatic carbocycles. The fourth-order valence-electron chi connectivity index (χ4n) is 1.41. The van der Waals surface area contributed by atoms with Crippen LogP contribution in [0.1, 0.15) is 22.8 Å². The Morgan fingerprint density at radius 1 is 1.50 bits per heavy atom. The Labute approximate surface area is 82.8 Å². The van der Waals surface area contributed by atoms with E-state index < -0.39 is 6.10 Å². The molecule has 0 aliphatic rings. The Hall–Kier alpha value is -1.51. The lowest BCUT2D eigenvalue weighted by Crippen LogP contribution is -2.03. The summed E-state index contributed by atoms with van der Waals surface area (Å²) in [5.74, 6) is 0. The lowest BCUT2D eigenvalue weighted by Gasteiger charge is -2.11. The van der Waals surface area contributed by atoms with Crippen molar-refractivity contribution < 1.29 is 5.11 Å². The normalized spacial score (nSPS) is 11.9. The van der Waals surface area contributed by atoms with E-state index in [9.17, 15) is 5.11 Å². The number of aliphatic hydroxyl groups excluding tert-OH is 1. The molecule has 0 fully saturated rings. The van der Waals surface area contributed by atoms with E-state index >= 15 is 0 Å². The van der Waals surface area contributed by atoms with Crippen molar-refractivity contribution in [3.8, 4) is 0 Å². The van der Waals surface area contributed by atoms with Gasteiger partial charge in [-0.3, -0.25) is 0 Å². The predicted octanol–water partition coefficient (Wildman–Crippen LogP) is 2.65. The van der Waals surface area contributed by atoms with Crippen molar-refractivity contribution >= 4 is 0 Å². The van der Waals surface area contributed by atoms with E-state index in [-0.39, 0.29) is 6.54 Å². The van der Waals surface area contributed by atoms with Crippen LogP contribution in [0.3, 0.4) is 0 Å². The molecular weight excluding hydrogens is 178 g/mol. The van der Waals surface area contributed by atoms with Gasteiger partial charge in [0.05, 0.1) is 12.6 Å². The predicted molar refractivity (Wildman–Crippen MR) is 54.9 cm³/mol. The van der Waals surface area contributed by atoms with Gasteiger partial charge >= 0.3 is 0 Å². The van der Waals surface area contributed by atoms with Gasteiger partial charge in [-0.05, 0) is 30.5 Å². The summed E-state index contributed by atoms with van der Waals surface area (Å²) in [6, 6.07) is 5.79. The third-order valence-electron chi connectivity index (χ3n) is 2.10. The average Bonchev–Trinajstić information content (AvgIpc) is 2.14. The molecule has 1 N–H and O–H groups in total. The maximum absolute atomic E-state index is 9.66. The second-order valence-electron chi connectivity index (χ2n) is 3.29.